The van der Waals surface area contributed by atoms with Crippen molar-refractivity contribution in [3.05, 3.63) is 34.3 Å². The Balaban J connectivity index is 2.69. The zero-order chi connectivity index (χ0) is 14.2. The van der Waals surface area contributed by atoms with E-state index in [0.29, 0.717) is 6.54 Å². The van der Waals surface area contributed by atoms with E-state index in [1.807, 2.05) is 6.92 Å². The number of hydrogen-bond acceptors (Lipinski definition) is 3. The fourth-order valence-corrected chi connectivity index (χ4v) is 2.53. The number of benzene rings is 1. The van der Waals surface area contributed by atoms with Crippen molar-refractivity contribution in [1.82, 2.24) is 9.97 Å². The molecule has 0 saturated heterocycles. The van der Waals surface area contributed by atoms with Crippen LogP contribution in [0.2, 0.25) is 0 Å². The van der Waals surface area contributed by atoms with E-state index >= 15 is 0 Å². The lowest BCUT2D eigenvalue weighted by atomic mass is 9.96. The van der Waals surface area contributed by atoms with Crippen molar-refractivity contribution in [2.24, 2.45) is 5.73 Å². The topological polar surface area (TPSA) is 63.9 Å². The van der Waals surface area contributed by atoms with Gasteiger partial charge in [-0.05, 0) is 50.5 Å². The van der Waals surface area contributed by atoms with Crippen LogP contribution < -0.4 is 10.5 Å². The van der Waals surface area contributed by atoms with Gasteiger partial charge in [0.25, 0.3) is 0 Å². The third-order valence-corrected chi connectivity index (χ3v) is 3.59. The molecule has 4 nitrogen and oxygen atoms in total. The van der Waals surface area contributed by atoms with Gasteiger partial charge in [-0.3, -0.25) is 0 Å². The van der Waals surface area contributed by atoms with Crippen molar-refractivity contribution in [3.63, 3.8) is 0 Å². The molecule has 19 heavy (non-hydrogen) atoms. The number of nitrogens with zero attached hydrogens (tertiary/aromatic N) is 1. The van der Waals surface area contributed by atoms with Gasteiger partial charge in [0.05, 0.1) is 18.5 Å². The molecule has 0 aliphatic heterocycles. The highest BCUT2D eigenvalue weighted by molar-refractivity contribution is 5.71. The van der Waals surface area contributed by atoms with Gasteiger partial charge in [-0.1, -0.05) is 0 Å². The Morgan fingerprint density at radius 2 is 1.89 bits per heavy atom. The number of aryl methyl sites for hydroxylation is 2. The Morgan fingerprint density at radius 1 is 1.21 bits per heavy atom. The zero-order valence-corrected chi connectivity index (χ0v) is 12.2. The van der Waals surface area contributed by atoms with Crippen LogP contribution in [0.5, 0.6) is 5.75 Å². The number of rotatable bonds is 3. The van der Waals surface area contributed by atoms with E-state index in [1.54, 1.807) is 7.11 Å². The molecule has 4 heteroatoms. The second-order valence-corrected chi connectivity index (χ2v) is 4.88. The minimum absolute atomic E-state index is 0.458. The molecule has 0 saturated carbocycles. The predicted molar refractivity (Wildman–Crippen MR) is 77.4 cm³/mol. The number of H-pyrrole nitrogens is 1. The second-order valence-electron chi connectivity index (χ2n) is 4.88. The van der Waals surface area contributed by atoms with Crippen molar-refractivity contribution in [2.75, 3.05) is 7.11 Å². The quantitative estimate of drug-likeness (QED) is 0.890. The maximum absolute atomic E-state index is 5.79. The summed E-state index contributed by atoms with van der Waals surface area (Å²) in [6.45, 7) is 8.63. The predicted octanol–water partition coefficient (Wildman–Crippen LogP) is 2.78. The molecule has 0 radical (unpaired) electrons. The average molecular weight is 259 g/mol. The molecule has 1 heterocycles. The standard InChI is InChI=1S/C15H21N3O/c1-8-6-12(9(2)10(3)15(8)19-5)14-13(7-16)17-11(4)18-14/h6H,7,16H2,1-5H3,(H,17,18). The Hall–Kier alpha value is -1.81. The Labute approximate surface area is 114 Å². The van der Waals surface area contributed by atoms with Crippen LogP contribution in [-0.4, -0.2) is 17.1 Å². The molecule has 0 unspecified atom stereocenters. The summed E-state index contributed by atoms with van der Waals surface area (Å²) in [5.74, 6) is 1.84. The number of imidazole rings is 1. The van der Waals surface area contributed by atoms with Crippen LogP contribution in [0.1, 0.15) is 28.2 Å². The summed E-state index contributed by atoms with van der Waals surface area (Å²) in [7, 11) is 1.71. The summed E-state index contributed by atoms with van der Waals surface area (Å²) in [5.41, 5.74) is 12.3. The van der Waals surface area contributed by atoms with E-state index in [1.165, 1.54) is 5.56 Å². The molecular formula is C15H21N3O. The summed E-state index contributed by atoms with van der Waals surface area (Å²) >= 11 is 0. The van der Waals surface area contributed by atoms with Gasteiger partial charge in [-0.15, -0.1) is 0 Å². The molecule has 0 atom stereocenters. The SMILES string of the molecule is COc1c(C)cc(-c2nc(C)[nH]c2CN)c(C)c1C. The van der Waals surface area contributed by atoms with Crippen molar-refractivity contribution >= 4 is 0 Å². The zero-order valence-electron chi connectivity index (χ0n) is 12.2. The van der Waals surface area contributed by atoms with E-state index in [-0.39, 0.29) is 0 Å². The molecule has 0 amide bonds. The molecule has 102 valence electrons. The number of methoxy groups -OCH3 is 1. The average Bonchev–Trinajstić information content (AvgIpc) is 2.75. The first kappa shape index (κ1) is 13.6. The van der Waals surface area contributed by atoms with Gasteiger partial charge >= 0.3 is 0 Å². The molecule has 0 aliphatic carbocycles. The van der Waals surface area contributed by atoms with E-state index in [2.05, 4.69) is 36.8 Å². The molecular weight excluding hydrogens is 238 g/mol. The lowest BCUT2D eigenvalue weighted by Crippen LogP contribution is -2.01. The summed E-state index contributed by atoms with van der Waals surface area (Å²) in [5, 5.41) is 0. The van der Waals surface area contributed by atoms with Gasteiger partial charge in [0.15, 0.2) is 0 Å². The van der Waals surface area contributed by atoms with Gasteiger partial charge < -0.3 is 15.5 Å². The molecule has 0 fully saturated rings. The number of nitrogens with two attached hydrogens (primary N) is 1. The van der Waals surface area contributed by atoms with Crippen molar-refractivity contribution in [1.29, 1.82) is 0 Å². The van der Waals surface area contributed by atoms with Gasteiger partial charge in [-0.2, -0.15) is 0 Å². The number of aromatic nitrogens is 2. The largest absolute Gasteiger partial charge is 0.496 e. The third-order valence-electron chi connectivity index (χ3n) is 3.59. The van der Waals surface area contributed by atoms with Crippen LogP contribution in [0.3, 0.4) is 0 Å². The molecule has 0 bridgehead atoms. The van der Waals surface area contributed by atoms with Crippen molar-refractivity contribution in [3.8, 4) is 17.0 Å². The lowest BCUT2D eigenvalue weighted by molar-refractivity contribution is 0.408. The summed E-state index contributed by atoms with van der Waals surface area (Å²) in [6, 6.07) is 2.12. The van der Waals surface area contributed by atoms with Crippen LogP contribution in [-0.2, 0) is 6.54 Å². The number of aromatic amines is 1. The molecule has 0 aliphatic rings. The van der Waals surface area contributed by atoms with E-state index in [0.717, 1.165) is 39.7 Å². The highest BCUT2D eigenvalue weighted by Gasteiger charge is 2.16. The fourth-order valence-electron chi connectivity index (χ4n) is 2.53. The van der Waals surface area contributed by atoms with Gasteiger partial charge in [0.1, 0.15) is 11.6 Å². The van der Waals surface area contributed by atoms with Gasteiger partial charge in [-0.25, -0.2) is 4.98 Å². The Morgan fingerprint density at radius 3 is 2.47 bits per heavy atom. The highest BCUT2D eigenvalue weighted by atomic mass is 16.5. The lowest BCUT2D eigenvalue weighted by Gasteiger charge is -2.15. The summed E-state index contributed by atoms with van der Waals surface area (Å²) < 4.78 is 5.46. The molecule has 2 aromatic rings. The van der Waals surface area contributed by atoms with Crippen LogP contribution in [0.15, 0.2) is 6.07 Å². The van der Waals surface area contributed by atoms with E-state index in [4.69, 9.17) is 10.5 Å². The van der Waals surface area contributed by atoms with Crippen molar-refractivity contribution < 1.29 is 4.74 Å². The smallest absolute Gasteiger partial charge is 0.124 e. The molecule has 2 rings (SSSR count). The summed E-state index contributed by atoms with van der Waals surface area (Å²) in [4.78, 5) is 7.79. The van der Waals surface area contributed by atoms with Gasteiger partial charge in [0.2, 0.25) is 0 Å². The fraction of sp³-hybridized carbons (Fsp3) is 0.400. The minimum atomic E-state index is 0.458. The van der Waals surface area contributed by atoms with Crippen LogP contribution in [0, 0.1) is 27.7 Å². The number of ether oxygens (including phenoxy) is 1. The maximum atomic E-state index is 5.79. The monoisotopic (exact) mass is 259 g/mol. The van der Waals surface area contributed by atoms with E-state index < -0.39 is 0 Å². The first-order chi connectivity index (χ1) is 8.99. The first-order valence-corrected chi connectivity index (χ1v) is 6.40. The van der Waals surface area contributed by atoms with Crippen LogP contribution >= 0.6 is 0 Å². The normalized spacial score (nSPS) is 10.8. The molecule has 1 aromatic carbocycles. The van der Waals surface area contributed by atoms with Crippen LogP contribution in [0.4, 0.5) is 0 Å². The van der Waals surface area contributed by atoms with Crippen molar-refractivity contribution in [2.45, 2.75) is 34.2 Å². The molecule has 3 N–H and O–H groups in total. The van der Waals surface area contributed by atoms with E-state index in [9.17, 15) is 0 Å². The second kappa shape index (κ2) is 5.05. The number of nitrogens with one attached hydrogen (secondary N) is 1. The third kappa shape index (κ3) is 2.24. The molecule has 0 spiro atoms. The maximum Gasteiger partial charge on any atom is 0.124 e. The first-order valence-electron chi connectivity index (χ1n) is 6.40. The van der Waals surface area contributed by atoms with Gasteiger partial charge in [0, 0.05) is 12.1 Å². The highest BCUT2D eigenvalue weighted by Crippen LogP contribution is 2.34. The Kier molecular flexibility index (Phi) is 3.62. The Bertz CT molecular complexity index is 614. The minimum Gasteiger partial charge on any atom is -0.496 e. The molecule has 1 aromatic heterocycles. The van der Waals surface area contributed by atoms with Crippen LogP contribution in [0.25, 0.3) is 11.3 Å². The summed E-state index contributed by atoms with van der Waals surface area (Å²) in [6.07, 6.45) is 0. The number of hydrogen-bond donors (Lipinski definition) is 2.